The van der Waals surface area contributed by atoms with E-state index < -0.39 is 6.10 Å². The SMILES string of the molecule is COc1ccc(-c2nn(-c3ccccc3)cc2C=C2c3cc(Cl)ccc3-c3c2cc(Cl)cc3C(O)C[Se]C)cc1. The molecule has 0 aliphatic heterocycles. The zero-order valence-electron chi connectivity index (χ0n) is 21.9. The van der Waals surface area contributed by atoms with Crippen molar-refractivity contribution in [2.24, 2.45) is 0 Å². The van der Waals surface area contributed by atoms with Gasteiger partial charge in [-0.1, -0.05) is 18.2 Å². The van der Waals surface area contributed by atoms with E-state index in [2.05, 4.69) is 11.9 Å². The summed E-state index contributed by atoms with van der Waals surface area (Å²) in [7, 11) is 1.66. The quantitative estimate of drug-likeness (QED) is 0.179. The zero-order valence-corrected chi connectivity index (χ0v) is 25.2. The van der Waals surface area contributed by atoms with Crippen molar-refractivity contribution in [2.75, 3.05) is 7.11 Å². The molecule has 0 amide bonds. The molecule has 1 unspecified atom stereocenters. The monoisotopic (exact) mass is 632 g/mol. The maximum atomic E-state index is 11.1. The van der Waals surface area contributed by atoms with E-state index >= 15 is 0 Å². The number of fused-ring (bicyclic) bond motifs is 3. The third kappa shape index (κ3) is 5.01. The van der Waals surface area contributed by atoms with Crippen LogP contribution in [0, 0.1) is 0 Å². The van der Waals surface area contributed by atoms with Crippen LogP contribution in [0.25, 0.3) is 39.7 Å². The molecular formula is C33H26Cl2N2O2Se. The van der Waals surface area contributed by atoms with Crippen LogP contribution in [0.1, 0.15) is 28.4 Å². The third-order valence-electron chi connectivity index (χ3n) is 7.08. The van der Waals surface area contributed by atoms with Crippen molar-refractivity contribution in [3.05, 3.63) is 123 Å². The predicted octanol–water partition coefficient (Wildman–Crippen LogP) is 8.63. The van der Waals surface area contributed by atoms with Gasteiger partial charge < -0.3 is 4.74 Å². The molecular weight excluding hydrogens is 606 g/mol. The summed E-state index contributed by atoms with van der Waals surface area (Å²) in [6, 6.07) is 27.8. The van der Waals surface area contributed by atoms with E-state index in [-0.39, 0.29) is 0 Å². The van der Waals surface area contributed by atoms with Crippen LogP contribution in [0.15, 0.2) is 91.1 Å². The number of nitrogens with zero attached hydrogens (tertiary/aromatic N) is 2. The van der Waals surface area contributed by atoms with Crippen molar-refractivity contribution in [1.29, 1.82) is 0 Å². The zero-order chi connectivity index (χ0) is 27.8. The van der Waals surface area contributed by atoms with Crippen molar-refractivity contribution in [2.45, 2.75) is 17.2 Å². The van der Waals surface area contributed by atoms with Gasteiger partial charge in [-0.2, -0.15) is 0 Å². The number of rotatable bonds is 7. The van der Waals surface area contributed by atoms with Gasteiger partial charge in [0.1, 0.15) is 5.75 Å². The molecule has 4 aromatic carbocycles. The van der Waals surface area contributed by atoms with E-state index in [1.54, 1.807) is 7.11 Å². The summed E-state index contributed by atoms with van der Waals surface area (Å²) < 4.78 is 7.28. The van der Waals surface area contributed by atoms with Crippen LogP contribution in [0.3, 0.4) is 0 Å². The van der Waals surface area contributed by atoms with E-state index in [9.17, 15) is 5.11 Å². The number of aromatic nitrogens is 2. The van der Waals surface area contributed by atoms with Crippen molar-refractivity contribution in [3.63, 3.8) is 0 Å². The van der Waals surface area contributed by atoms with Gasteiger partial charge in [0, 0.05) is 0 Å². The molecule has 200 valence electrons. The first-order valence-corrected chi connectivity index (χ1v) is 16.5. The Bertz CT molecular complexity index is 1730. The van der Waals surface area contributed by atoms with Gasteiger partial charge in [0.15, 0.2) is 0 Å². The Balaban J connectivity index is 1.59. The van der Waals surface area contributed by atoms with E-state index in [0.717, 1.165) is 61.6 Å². The standard InChI is InChI=1S/C33H26Cl2N2O2Se/c1-39-25-11-8-20(9-12-25)33-21(18-37(36-33)24-6-4-3-5-7-24)14-27-28-15-22(34)10-13-26(28)32-29(27)16-23(35)17-30(32)31(38)19-40-2/h3-18,31,38H,19H2,1-2H3. The molecule has 0 fully saturated rings. The minimum absolute atomic E-state index is 0.313. The summed E-state index contributed by atoms with van der Waals surface area (Å²) in [6.45, 7) is 0. The molecule has 0 bridgehead atoms. The fourth-order valence-corrected chi connectivity index (χ4v) is 6.68. The first-order valence-electron chi connectivity index (χ1n) is 12.8. The van der Waals surface area contributed by atoms with Gasteiger partial charge in [-0.3, -0.25) is 0 Å². The van der Waals surface area contributed by atoms with Crippen LogP contribution in [-0.4, -0.2) is 37.0 Å². The van der Waals surface area contributed by atoms with Gasteiger partial charge in [0.2, 0.25) is 0 Å². The number of hydrogen-bond acceptors (Lipinski definition) is 3. The van der Waals surface area contributed by atoms with Crippen LogP contribution < -0.4 is 4.74 Å². The number of benzene rings is 4. The minimum atomic E-state index is -0.587. The van der Waals surface area contributed by atoms with E-state index in [1.807, 2.05) is 95.8 Å². The molecule has 5 aromatic rings. The summed E-state index contributed by atoms with van der Waals surface area (Å²) in [6.07, 6.45) is 3.61. The number of para-hydroxylation sites is 1. The Morgan fingerprint density at radius 3 is 2.40 bits per heavy atom. The number of halogens is 2. The summed E-state index contributed by atoms with van der Waals surface area (Å²) in [5.74, 6) is 2.92. The van der Waals surface area contributed by atoms with Gasteiger partial charge in [-0.05, 0) is 0 Å². The molecule has 1 aliphatic rings. The van der Waals surface area contributed by atoms with Crippen LogP contribution >= 0.6 is 23.2 Å². The second kappa shape index (κ2) is 11.3. The van der Waals surface area contributed by atoms with Gasteiger partial charge in [-0.15, -0.1) is 0 Å². The van der Waals surface area contributed by atoms with Gasteiger partial charge in [-0.25, -0.2) is 0 Å². The average molecular weight is 632 g/mol. The molecule has 1 aliphatic carbocycles. The van der Waals surface area contributed by atoms with Crippen LogP contribution in [0.5, 0.6) is 5.75 Å². The van der Waals surface area contributed by atoms with Gasteiger partial charge in [0.05, 0.1) is 7.11 Å². The second-order valence-corrected chi connectivity index (χ2v) is 12.4. The fraction of sp³-hybridized carbons (Fsp3) is 0.121. The van der Waals surface area contributed by atoms with Crippen LogP contribution in [0.2, 0.25) is 21.2 Å². The van der Waals surface area contributed by atoms with Crippen molar-refractivity contribution in [1.82, 2.24) is 9.78 Å². The first-order chi connectivity index (χ1) is 19.5. The van der Waals surface area contributed by atoms with E-state index in [1.165, 1.54) is 0 Å². The Morgan fingerprint density at radius 2 is 1.68 bits per heavy atom. The van der Waals surface area contributed by atoms with Crippen LogP contribution in [0.4, 0.5) is 0 Å². The first kappa shape index (κ1) is 26.9. The molecule has 0 spiro atoms. The molecule has 1 heterocycles. The summed E-state index contributed by atoms with van der Waals surface area (Å²) in [5, 5.41) is 18.1. The van der Waals surface area contributed by atoms with E-state index in [0.29, 0.717) is 30.3 Å². The predicted molar refractivity (Wildman–Crippen MR) is 166 cm³/mol. The van der Waals surface area contributed by atoms with Gasteiger partial charge >= 0.3 is 215 Å². The summed E-state index contributed by atoms with van der Waals surface area (Å²) >= 11 is 13.5. The summed E-state index contributed by atoms with van der Waals surface area (Å²) in [5.41, 5.74) is 9.62. The van der Waals surface area contributed by atoms with Crippen molar-refractivity contribution < 1.29 is 9.84 Å². The molecule has 4 nitrogen and oxygen atoms in total. The molecule has 6 rings (SSSR count). The number of hydrogen-bond donors (Lipinski definition) is 1. The fourth-order valence-electron chi connectivity index (χ4n) is 5.24. The molecule has 0 radical (unpaired) electrons. The molecule has 1 N–H and O–H groups in total. The maximum absolute atomic E-state index is 11.1. The molecule has 0 saturated carbocycles. The number of aliphatic hydroxyl groups excluding tert-OH is 1. The molecule has 40 heavy (non-hydrogen) atoms. The molecule has 0 saturated heterocycles. The molecule has 7 heteroatoms. The van der Waals surface area contributed by atoms with E-state index in [4.69, 9.17) is 33.0 Å². The van der Waals surface area contributed by atoms with Crippen LogP contribution in [-0.2, 0) is 0 Å². The van der Waals surface area contributed by atoms with Crippen molar-refractivity contribution >= 4 is 49.8 Å². The number of aliphatic hydroxyl groups is 1. The Hall–Kier alpha value is -3.31. The Morgan fingerprint density at radius 1 is 0.925 bits per heavy atom. The number of ether oxygens (including phenoxy) is 1. The summed E-state index contributed by atoms with van der Waals surface area (Å²) in [4.78, 5) is 0. The Kier molecular flexibility index (Phi) is 7.59. The molecule has 1 atom stereocenters. The third-order valence-corrected chi connectivity index (χ3v) is 8.89. The topological polar surface area (TPSA) is 47.3 Å². The number of methoxy groups -OCH3 is 1. The second-order valence-electron chi connectivity index (χ2n) is 9.58. The Labute approximate surface area is 250 Å². The molecule has 1 aromatic heterocycles. The normalized spacial score (nSPS) is 13.8. The van der Waals surface area contributed by atoms with Crippen molar-refractivity contribution in [3.8, 4) is 33.8 Å². The van der Waals surface area contributed by atoms with Gasteiger partial charge in [0.25, 0.3) is 0 Å². The average Bonchev–Trinajstić information content (AvgIpc) is 3.52.